The van der Waals surface area contributed by atoms with Gasteiger partial charge < -0.3 is 15.2 Å². The van der Waals surface area contributed by atoms with Crippen LogP contribution in [0.5, 0.6) is 5.75 Å². The molecule has 1 rings (SSSR count). The van der Waals surface area contributed by atoms with Gasteiger partial charge in [-0.15, -0.1) is 0 Å². The summed E-state index contributed by atoms with van der Waals surface area (Å²) in [4.78, 5) is 11.8. The summed E-state index contributed by atoms with van der Waals surface area (Å²) in [6.45, 7) is 4.17. The molecule has 2 N–H and O–H groups in total. The molecule has 100 valence electrons. The number of hydrogen-bond donors (Lipinski definition) is 2. The van der Waals surface area contributed by atoms with Gasteiger partial charge in [-0.3, -0.25) is 4.79 Å². The number of aliphatic hydroxyl groups excluding tert-OH is 1. The van der Waals surface area contributed by atoms with Crippen molar-refractivity contribution in [3.8, 4) is 5.75 Å². The van der Waals surface area contributed by atoms with Gasteiger partial charge in [-0.05, 0) is 23.6 Å². The molecule has 4 heteroatoms. The summed E-state index contributed by atoms with van der Waals surface area (Å²) >= 11 is 0. The van der Waals surface area contributed by atoms with Crippen LogP contribution in [0.1, 0.15) is 19.4 Å². The van der Waals surface area contributed by atoms with E-state index in [2.05, 4.69) is 5.32 Å². The number of hydrogen-bond acceptors (Lipinski definition) is 3. The predicted molar refractivity (Wildman–Crippen MR) is 70.3 cm³/mol. The van der Waals surface area contributed by atoms with E-state index in [1.165, 1.54) is 0 Å². The molecule has 0 bridgehead atoms. The highest BCUT2D eigenvalue weighted by Gasteiger charge is 2.20. The topological polar surface area (TPSA) is 58.6 Å². The number of ether oxygens (including phenoxy) is 1. The maximum Gasteiger partial charge on any atom is 0.225 e. The molecule has 4 nitrogen and oxygen atoms in total. The average molecular weight is 251 g/mol. The molecule has 1 unspecified atom stereocenters. The molecular formula is C14H21NO3. The van der Waals surface area contributed by atoms with Crippen molar-refractivity contribution in [2.45, 2.75) is 20.4 Å². The van der Waals surface area contributed by atoms with Crippen molar-refractivity contribution in [3.05, 3.63) is 29.8 Å². The highest BCUT2D eigenvalue weighted by Crippen LogP contribution is 2.13. The van der Waals surface area contributed by atoms with Crippen LogP contribution in [-0.2, 0) is 11.3 Å². The van der Waals surface area contributed by atoms with Crippen LogP contribution in [0, 0.1) is 11.8 Å². The van der Waals surface area contributed by atoms with Gasteiger partial charge in [-0.1, -0.05) is 26.0 Å². The summed E-state index contributed by atoms with van der Waals surface area (Å²) in [6, 6.07) is 7.54. The van der Waals surface area contributed by atoms with E-state index in [9.17, 15) is 4.79 Å². The zero-order valence-electron chi connectivity index (χ0n) is 11.1. The highest BCUT2D eigenvalue weighted by atomic mass is 16.5. The SMILES string of the molecule is COc1cccc(CNC(=O)C(CO)C(C)C)c1. The molecule has 0 aliphatic rings. The maximum atomic E-state index is 11.8. The molecule has 1 aromatic rings. The fourth-order valence-corrected chi connectivity index (χ4v) is 1.70. The van der Waals surface area contributed by atoms with Crippen LogP contribution < -0.4 is 10.1 Å². The minimum absolute atomic E-state index is 0.115. The first-order chi connectivity index (χ1) is 8.58. The summed E-state index contributed by atoms with van der Waals surface area (Å²) in [7, 11) is 1.61. The van der Waals surface area contributed by atoms with E-state index in [1.807, 2.05) is 38.1 Å². The average Bonchev–Trinajstić information content (AvgIpc) is 2.37. The summed E-state index contributed by atoms with van der Waals surface area (Å²) in [6.07, 6.45) is 0. The molecular weight excluding hydrogens is 230 g/mol. The van der Waals surface area contributed by atoms with Gasteiger partial charge >= 0.3 is 0 Å². The van der Waals surface area contributed by atoms with Crippen LogP contribution in [0.4, 0.5) is 0 Å². The number of nitrogens with one attached hydrogen (secondary N) is 1. The van der Waals surface area contributed by atoms with Crippen LogP contribution in [0.3, 0.4) is 0 Å². The first-order valence-electron chi connectivity index (χ1n) is 6.10. The van der Waals surface area contributed by atoms with Gasteiger partial charge in [0.25, 0.3) is 0 Å². The van der Waals surface area contributed by atoms with Crippen molar-refractivity contribution < 1.29 is 14.6 Å². The van der Waals surface area contributed by atoms with Crippen LogP contribution in [-0.4, -0.2) is 24.7 Å². The standard InChI is InChI=1S/C14H21NO3/c1-10(2)13(9-16)14(17)15-8-11-5-4-6-12(7-11)18-3/h4-7,10,13,16H,8-9H2,1-3H3,(H,15,17). The number of amides is 1. The second-order valence-corrected chi connectivity index (χ2v) is 4.60. The van der Waals surface area contributed by atoms with Gasteiger partial charge in [0.15, 0.2) is 0 Å². The number of rotatable bonds is 6. The smallest absolute Gasteiger partial charge is 0.225 e. The summed E-state index contributed by atoms with van der Waals surface area (Å²) in [5, 5.41) is 12.0. The lowest BCUT2D eigenvalue weighted by Gasteiger charge is -2.17. The quantitative estimate of drug-likeness (QED) is 0.807. The highest BCUT2D eigenvalue weighted by molar-refractivity contribution is 5.78. The van der Waals surface area contributed by atoms with E-state index in [4.69, 9.17) is 9.84 Å². The minimum atomic E-state index is -0.351. The molecule has 0 aromatic heterocycles. The van der Waals surface area contributed by atoms with Crippen molar-refractivity contribution in [1.82, 2.24) is 5.32 Å². The first kappa shape index (κ1) is 14.5. The van der Waals surface area contributed by atoms with Gasteiger partial charge in [0.05, 0.1) is 19.6 Å². The van der Waals surface area contributed by atoms with Gasteiger partial charge in [0, 0.05) is 6.54 Å². The molecule has 0 spiro atoms. The Morgan fingerprint density at radius 3 is 2.72 bits per heavy atom. The Kier molecular flexibility index (Phi) is 5.65. The van der Waals surface area contributed by atoms with Crippen molar-refractivity contribution in [2.75, 3.05) is 13.7 Å². The molecule has 1 atom stereocenters. The maximum absolute atomic E-state index is 11.8. The van der Waals surface area contributed by atoms with Gasteiger partial charge in [-0.2, -0.15) is 0 Å². The monoisotopic (exact) mass is 251 g/mol. The van der Waals surface area contributed by atoms with Crippen molar-refractivity contribution >= 4 is 5.91 Å². The van der Waals surface area contributed by atoms with E-state index in [-0.39, 0.29) is 24.3 Å². The van der Waals surface area contributed by atoms with Crippen LogP contribution in [0.15, 0.2) is 24.3 Å². The summed E-state index contributed by atoms with van der Waals surface area (Å²) < 4.78 is 5.12. The van der Waals surface area contributed by atoms with Crippen molar-refractivity contribution in [1.29, 1.82) is 0 Å². The van der Waals surface area contributed by atoms with Gasteiger partial charge in [0.1, 0.15) is 5.75 Å². The van der Waals surface area contributed by atoms with E-state index in [0.29, 0.717) is 6.54 Å². The van der Waals surface area contributed by atoms with E-state index in [1.54, 1.807) is 7.11 Å². The zero-order chi connectivity index (χ0) is 13.5. The Labute approximate surface area is 108 Å². The number of methoxy groups -OCH3 is 1. The zero-order valence-corrected chi connectivity index (χ0v) is 11.1. The Bertz CT molecular complexity index is 390. The largest absolute Gasteiger partial charge is 0.497 e. The van der Waals surface area contributed by atoms with Gasteiger partial charge in [-0.25, -0.2) is 0 Å². The van der Waals surface area contributed by atoms with Gasteiger partial charge in [0.2, 0.25) is 5.91 Å². The normalized spacial score (nSPS) is 12.3. The second-order valence-electron chi connectivity index (χ2n) is 4.60. The Morgan fingerprint density at radius 1 is 1.44 bits per heavy atom. The molecule has 0 radical (unpaired) electrons. The lowest BCUT2D eigenvalue weighted by atomic mass is 9.96. The Balaban J connectivity index is 2.56. The molecule has 0 heterocycles. The molecule has 1 aromatic carbocycles. The fourth-order valence-electron chi connectivity index (χ4n) is 1.70. The molecule has 0 aliphatic carbocycles. The molecule has 0 aliphatic heterocycles. The second kappa shape index (κ2) is 7.01. The lowest BCUT2D eigenvalue weighted by Crippen LogP contribution is -2.35. The Hall–Kier alpha value is -1.55. The lowest BCUT2D eigenvalue weighted by molar-refractivity contribution is -0.127. The van der Waals surface area contributed by atoms with Crippen LogP contribution in [0.25, 0.3) is 0 Å². The van der Waals surface area contributed by atoms with E-state index < -0.39 is 0 Å². The first-order valence-corrected chi connectivity index (χ1v) is 6.10. The number of benzene rings is 1. The molecule has 18 heavy (non-hydrogen) atoms. The number of carbonyl (C=O) groups excluding carboxylic acids is 1. The number of carbonyl (C=O) groups is 1. The third-order valence-electron chi connectivity index (χ3n) is 2.94. The predicted octanol–water partition coefficient (Wildman–Crippen LogP) is 1.58. The molecule has 0 saturated carbocycles. The molecule has 1 amide bonds. The Morgan fingerprint density at radius 2 is 2.17 bits per heavy atom. The fraction of sp³-hybridized carbons (Fsp3) is 0.500. The van der Waals surface area contributed by atoms with Crippen LogP contribution in [0.2, 0.25) is 0 Å². The molecule has 0 fully saturated rings. The van der Waals surface area contributed by atoms with Crippen LogP contribution >= 0.6 is 0 Å². The number of aliphatic hydroxyl groups is 1. The third-order valence-corrected chi connectivity index (χ3v) is 2.94. The minimum Gasteiger partial charge on any atom is -0.497 e. The summed E-state index contributed by atoms with van der Waals surface area (Å²) in [5.41, 5.74) is 0.975. The van der Waals surface area contributed by atoms with E-state index in [0.717, 1.165) is 11.3 Å². The summed E-state index contributed by atoms with van der Waals surface area (Å²) in [5.74, 6) is 0.426. The van der Waals surface area contributed by atoms with Crippen molar-refractivity contribution in [2.24, 2.45) is 11.8 Å². The molecule has 0 saturated heterocycles. The van der Waals surface area contributed by atoms with Crippen molar-refractivity contribution in [3.63, 3.8) is 0 Å². The van der Waals surface area contributed by atoms with E-state index >= 15 is 0 Å². The third kappa shape index (κ3) is 4.04.